The fourth-order valence-electron chi connectivity index (χ4n) is 0.586. The second-order valence-electron chi connectivity index (χ2n) is 1.79. The molecule has 0 saturated carbocycles. The van der Waals surface area contributed by atoms with Gasteiger partial charge in [-0.3, -0.25) is 0 Å². The van der Waals surface area contributed by atoms with Crippen LogP contribution in [0.4, 0.5) is 0 Å². The highest BCUT2D eigenvalue weighted by Gasteiger charge is 2.13. The third kappa shape index (κ3) is 0.812. The zero-order chi connectivity index (χ0) is 5.98. The molecule has 1 atom stereocenters. The monoisotopic (exact) mass is 109 g/mol. The summed E-state index contributed by atoms with van der Waals surface area (Å²) in [4.78, 5) is 4.77. The first kappa shape index (κ1) is 5.17. The van der Waals surface area contributed by atoms with Gasteiger partial charge in [-0.05, 0) is 6.92 Å². The van der Waals surface area contributed by atoms with Crippen molar-refractivity contribution in [3.63, 3.8) is 0 Å². The van der Waals surface area contributed by atoms with E-state index in [0.29, 0.717) is 0 Å². The Bertz CT molecular complexity index is 154. The lowest BCUT2D eigenvalue weighted by Crippen LogP contribution is -2.01. The first-order valence-electron chi connectivity index (χ1n) is 2.48. The van der Waals surface area contributed by atoms with Crippen LogP contribution in [0.2, 0.25) is 0 Å². The average molecular weight is 109 g/mol. The van der Waals surface area contributed by atoms with E-state index in [4.69, 9.17) is 11.3 Å². The maximum atomic E-state index is 5.05. The van der Waals surface area contributed by atoms with Crippen molar-refractivity contribution in [2.75, 3.05) is 0 Å². The molecule has 1 heterocycles. The van der Waals surface area contributed by atoms with Crippen molar-refractivity contribution in [3.8, 4) is 12.3 Å². The van der Waals surface area contributed by atoms with Gasteiger partial charge in [0.15, 0.2) is 6.10 Å². The van der Waals surface area contributed by atoms with Crippen LogP contribution < -0.4 is 0 Å². The normalized spacial score (nSPS) is 26.0. The van der Waals surface area contributed by atoms with Gasteiger partial charge in [0.1, 0.15) is 0 Å². The van der Waals surface area contributed by atoms with Crippen LogP contribution in [0.15, 0.2) is 5.16 Å². The van der Waals surface area contributed by atoms with Crippen molar-refractivity contribution in [2.24, 2.45) is 5.16 Å². The Hall–Kier alpha value is -0.970. The van der Waals surface area contributed by atoms with Gasteiger partial charge < -0.3 is 4.84 Å². The van der Waals surface area contributed by atoms with E-state index in [1.54, 1.807) is 0 Å². The van der Waals surface area contributed by atoms with Crippen molar-refractivity contribution in [2.45, 2.75) is 19.4 Å². The Morgan fingerprint density at radius 3 is 3.00 bits per heavy atom. The molecule has 0 bridgehead atoms. The summed E-state index contributed by atoms with van der Waals surface area (Å²) in [5, 5.41) is 3.66. The van der Waals surface area contributed by atoms with E-state index in [1.807, 2.05) is 6.92 Å². The lowest BCUT2D eigenvalue weighted by Gasteiger charge is -1.93. The maximum Gasteiger partial charge on any atom is 0.192 e. The molecule has 0 saturated heterocycles. The number of hydrogen-bond acceptors (Lipinski definition) is 2. The summed E-state index contributed by atoms with van der Waals surface area (Å²) >= 11 is 0. The maximum absolute atomic E-state index is 5.05. The van der Waals surface area contributed by atoms with Crippen molar-refractivity contribution >= 4 is 5.71 Å². The van der Waals surface area contributed by atoms with Crippen LogP contribution in [-0.4, -0.2) is 11.8 Å². The van der Waals surface area contributed by atoms with Gasteiger partial charge in [-0.2, -0.15) is 0 Å². The molecule has 0 spiro atoms. The molecule has 0 N–H and O–H groups in total. The molecule has 1 rings (SSSR count). The smallest absolute Gasteiger partial charge is 0.192 e. The number of nitrogens with zero attached hydrogens (tertiary/aromatic N) is 1. The molecular formula is C6H7NO. The van der Waals surface area contributed by atoms with Crippen molar-refractivity contribution in [1.82, 2.24) is 0 Å². The fourth-order valence-corrected chi connectivity index (χ4v) is 0.586. The molecule has 42 valence electrons. The van der Waals surface area contributed by atoms with Crippen molar-refractivity contribution in [1.29, 1.82) is 0 Å². The van der Waals surface area contributed by atoms with Gasteiger partial charge in [-0.1, -0.05) is 11.1 Å². The summed E-state index contributed by atoms with van der Waals surface area (Å²) in [6, 6.07) is 0. The highest BCUT2D eigenvalue weighted by molar-refractivity contribution is 5.83. The molecule has 0 aliphatic carbocycles. The lowest BCUT2D eigenvalue weighted by molar-refractivity contribution is 0.126. The van der Waals surface area contributed by atoms with Gasteiger partial charge in [0.25, 0.3) is 0 Å². The summed E-state index contributed by atoms with van der Waals surface area (Å²) in [6.07, 6.45) is 5.73. The Labute approximate surface area is 48.5 Å². The molecule has 0 amide bonds. The quantitative estimate of drug-likeness (QED) is 0.421. The van der Waals surface area contributed by atoms with E-state index < -0.39 is 0 Å². The van der Waals surface area contributed by atoms with E-state index in [2.05, 4.69) is 11.1 Å². The first-order valence-corrected chi connectivity index (χ1v) is 2.48. The van der Waals surface area contributed by atoms with Crippen LogP contribution in [0.5, 0.6) is 0 Å². The second kappa shape index (κ2) is 1.87. The topological polar surface area (TPSA) is 21.6 Å². The Kier molecular flexibility index (Phi) is 1.21. The van der Waals surface area contributed by atoms with Gasteiger partial charge in [0, 0.05) is 6.42 Å². The third-order valence-electron chi connectivity index (χ3n) is 1.00. The average Bonchev–Trinajstić information content (AvgIpc) is 2.14. The number of rotatable bonds is 0. The first-order chi connectivity index (χ1) is 3.83. The standard InChI is InChI=1S/C6H7NO/c1-3-6-4-5(2)7-8-6/h1,6H,4H2,2H3. The highest BCUT2D eigenvalue weighted by Crippen LogP contribution is 2.07. The zero-order valence-electron chi connectivity index (χ0n) is 4.72. The molecule has 8 heavy (non-hydrogen) atoms. The van der Waals surface area contributed by atoms with E-state index in [9.17, 15) is 0 Å². The van der Waals surface area contributed by atoms with Gasteiger partial charge in [0.2, 0.25) is 0 Å². The molecule has 1 aliphatic rings. The minimum Gasteiger partial charge on any atom is -0.379 e. The molecule has 0 fully saturated rings. The van der Waals surface area contributed by atoms with Crippen LogP contribution in [-0.2, 0) is 4.84 Å². The van der Waals surface area contributed by atoms with E-state index >= 15 is 0 Å². The molecule has 0 aromatic heterocycles. The van der Waals surface area contributed by atoms with E-state index in [1.165, 1.54) is 0 Å². The van der Waals surface area contributed by atoms with Crippen LogP contribution in [0.25, 0.3) is 0 Å². The van der Waals surface area contributed by atoms with E-state index in [-0.39, 0.29) is 6.10 Å². The number of terminal acetylenes is 1. The summed E-state index contributed by atoms with van der Waals surface area (Å²) in [7, 11) is 0. The Balaban J connectivity index is 2.47. The highest BCUT2D eigenvalue weighted by atomic mass is 16.6. The molecule has 2 heteroatoms. The van der Waals surface area contributed by atoms with Crippen molar-refractivity contribution in [3.05, 3.63) is 0 Å². The van der Waals surface area contributed by atoms with Gasteiger partial charge >= 0.3 is 0 Å². The predicted molar refractivity (Wildman–Crippen MR) is 31.4 cm³/mol. The van der Waals surface area contributed by atoms with Gasteiger partial charge in [0.05, 0.1) is 5.71 Å². The van der Waals surface area contributed by atoms with Crippen LogP contribution in [0.3, 0.4) is 0 Å². The van der Waals surface area contributed by atoms with Gasteiger partial charge in [-0.15, -0.1) is 6.42 Å². The third-order valence-corrected chi connectivity index (χ3v) is 1.00. The minimum absolute atomic E-state index is 0.102. The molecule has 0 radical (unpaired) electrons. The summed E-state index contributed by atoms with van der Waals surface area (Å²) in [5.41, 5.74) is 0.980. The van der Waals surface area contributed by atoms with E-state index in [0.717, 1.165) is 12.1 Å². The predicted octanol–water partition coefficient (Wildman–Crippen LogP) is 0.784. The molecular weight excluding hydrogens is 102 g/mol. The summed E-state index contributed by atoms with van der Waals surface area (Å²) < 4.78 is 0. The second-order valence-corrected chi connectivity index (χ2v) is 1.79. The molecule has 1 unspecified atom stereocenters. The van der Waals surface area contributed by atoms with Crippen LogP contribution in [0.1, 0.15) is 13.3 Å². The zero-order valence-corrected chi connectivity index (χ0v) is 4.72. The molecule has 1 aliphatic heterocycles. The number of hydrogen-bond donors (Lipinski definition) is 0. The van der Waals surface area contributed by atoms with Crippen molar-refractivity contribution < 1.29 is 4.84 Å². The molecule has 0 aromatic rings. The molecule has 2 nitrogen and oxygen atoms in total. The minimum atomic E-state index is -0.102. The van der Waals surface area contributed by atoms with Crippen LogP contribution in [0, 0.1) is 12.3 Å². The summed E-state index contributed by atoms with van der Waals surface area (Å²) in [6.45, 7) is 1.90. The largest absolute Gasteiger partial charge is 0.379 e. The van der Waals surface area contributed by atoms with Crippen LogP contribution >= 0.6 is 0 Å². The van der Waals surface area contributed by atoms with Gasteiger partial charge in [-0.25, -0.2) is 0 Å². The summed E-state index contributed by atoms with van der Waals surface area (Å²) in [5.74, 6) is 2.46. The number of oxime groups is 1. The Morgan fingerprint density at radius 1 is 2.00 bits per heavy atom. The lowest BCUT2D eigenvalue weighted by atomic mass is 10.2. The SMILES string of the molecule is C#CC1CC(C)=NO1. The Morgan fingerprint density at radius 2 is 2.75 bits per heavy atom. The fraction of sp³-hybridized carbons (Fsp3) is 0.500. The molecule has 0 aromatic carbocycles.